The van der Waals surface area contributed by atoms with Crippen LogP contribution in [0.5, 0.6) is 5.75 Å². The number of β-amino-alcohol motifs (C(OH)–C–C–N with tert-alkyl or cyclic N) is 1. The zero-order valence-electron chi connectivity index (χ0n) is 20.9. The summed E-state index contributed by atoms with van der Waals surface area (Å²) in [6.07, 6.45) is 3.37. The monoisotopic (exact) mass is 486 g/mol. The Morgan fingerprint density at radius 3 is 2.19 bits per heavy atom. The number of benzene rings is 3. The fraction of sp³-hybridized carbons (Fsp3) is 0.400. The Bertz CT molecular complexity index is 1180. The van der Waals surface area contributed by atoms with E-state index in [0.29, 0.717) is 24.2 Å². The molecule has 188 valence electrons. The molecule has 0 radical (unpaired) electrons. The highest BCUT2D eigenvalue weighted by molar-refractivity contribution is 6.25. The number of likely N-dealkylation sites (tertiary alicyclic amines) is 1. The van der Waals surface area contributed by atoms with Gasteiger partial charge in [0.05, 0.1) is 0 Å². The molecule has 1 saturated heterocycles. The quantitative estimate of drug-likeness (QED) is 0.450. The van der Waals surface area contributed by atoms with E-state index in [2.05, 4.69) is 24.0 Å². The summed E-state index contributed by atoms with van der Waals surface area (Å²) in [5, 5.41) is 12.2. The number of rotatable bonds is 9. The largest absolute Gasteiger partial charge is 0.491 e. The van der Waals surface area contributed by atoms with Gasteiger partial charge in [0.1, 0.15) is 18.5 Å². The van der Waals surface area contributed by atoms with Crippen molar-refractivity contribution in [2.45, 2.75) is 38.7 Å². The van der Waals surface area contributed by atoms with Crippen LogP contribution < -0.4 is 4.74 Å². The molecule has 0 aromatic heterocycles. The van der Waals surface area contributed by atoms with E-state index < -0.39 is 6.10 Å². The molecule has 0 unspecified atom stereocenters. The van der Waals surface area contributed by atoms with Gasteiger partial charge in [-0.15, -0.1) is 0 Å². The van der Waals surface area contributed by atoms with Gasteiger partial charge in [0.2, 0.25) is 0 Å². The lowest BCUT2D eigenvalue weighted by molar-refractivity contribution is 0.0453. The van der Waals surface area contributed by atoms with Crippen molar-refractivity contribution >= 4 is 22.6 Å². The predicted octanol–water partition coefficient (Wildman–Crippen LogP) is 4.54. The Kier molecular flexibility index (Phi) is 7.35. The molecule has 2 aliphatic rings. The Morgan fingerprint density at radius 2 is 1.58 bits per heavy atom. The molecule has 0 saturated carbocycles. The molecule has 6 nitrogen and oxygen atoms in total. The van der Waals surface area contributed by atoms with Crippen molar-refractivity contribution in [1.29, 1.82) is 0 Å². The van der Waals surface area contributed by atoms with E-state index in [1.807, 2.05) is 48.5 Å². The Hall–Kier alpha value is -3.22. The molecule has 0 aliphatic carbocycles. The zero-order chi connectivity index (χ0) is 25.1. The second kappa shape index (κ2) is 10.8. The lowest BCUT2D eigenvalue weighted by Gasteiger charge is -2.36. The molecular weight excluding hydrogens is 452 g/mol. The van der Waals surface area contributed by atoms with Crippen LogP contribution in [0.3, 0.4) is 0 Å². The maximum absolute atomic E-state index is 13.2. The van der Waals surface area contributed by atoms with Crippen molar-refractivity contribution in [1.82, 2.24) is 9.80 Å². The van der Waals surface area contributed by atoms with Gasteiger partial charge >= 0.3 is 0 Å². The maximum Gasteiger partial charge on any atom is 0.261 e. The average molecular weight is 487 g/mol. The molecule has 1 N–H and O–H groups in total. The summed E-state index contributed by atoms with van der Waals surface area (Å²) in [5.41, 5.74) is 2.52. The number of aryl methyl sites for hydroxylation is 1. The SMILES string of the molecule is CCCc1ccc(OC[C@H](O)CN2CCC(CN3C(=O)c4cccc5cccc(c45)C3=O)CC2)cc1. The van der Waals surface area contributed by atoms with E-state index >= 15 is 0 Å². The van der Waals surface area contributed by atoms with Crippen molar-refractivity contribution in [3.8, 4) is 5.75 Å². The number of hydrogen-bond donors (Lipinski definition) is 1. The molecule has 0 spiro atoms. The summed E-state index contributed by atoms with van der Waals surface area (Å²) in [5.74, 6) is 0.651. The fourth-order valence-electron chi connectivity index (χ4n) is 5.44. The van der Waals surface area contributed by atoms with Gasteiger partial charge in [0.25, 0.3) is 11.8 Å². The van der Waals surface area contributed by atoms with E-state index in [-0.39, 0.29) is 24.3 Å². The van der Waals surface area contributed by atoms with Gasteiger partial charge in [-0.1, -0.05) is 49.7 Å². The third kappa shape index (κ3) is 5.15. The molecular formula is C30H34N2O4. The van der Waals surface area contributed by atoms with Crippen LogP contribution in [0.25, 0.3) is 10.8 Å². The summed E-state index contributed by atoms with van der Waals surface area (Å²) in [6.45, 7) is 5.07. The third-order valence-corrected chi connectivity index (χ3v) is 7.38. The Labute approximate surface area is 212 Å². The first-order valence-electron chi connectivity index (χ1n) is 13.0. The summed E-state index contributed by atoms with van der Waals surface area (Å²) < 4.78 is 5.78. The smallest absolute Gasteiger partial charge is 0.261 e. The van der Waals surface area contributed by atoms with Crippen LogP contribution in [0.1, 0.15) is 52.5 Å². The van der Waals surface area contributed by atoms with Crippen molar-refractivity contribution in [3.05, 3.63) is 77.4 Å². The molecule has 1 fully saturated rings. The van der Waals surface area contributed by atoms with Crippen LogP contribution in [0.4, 0.5) is 0 Å². The molecule has 6 heteroatoms. The predicted molar refractivity (Wildman–Crippen MR) is 140 cm³/mol. The first-order valence-corrected chi connectivity index (χ1v) is 13.0. The van der Waals surface area contributed by atoms with Crippen LogP contribution in [0.2, 0.25) is 0 Å². The van der Waals surface area contributed by atoms with Crippen LogP contribution in [0, 0.1) is 5.92 Å². The molecule has 3 aromatic rings. The number of aliphatic hydroxyl groups excluding tert-OH is 1. The van der Waals surface area contributed by atoms with Crippen LogP contribution in [0.15, 0.2) is 60.7 Å². The minimum atomic E-state index is -0.570. The molecule has 0 bridgehead atoms. The average Bonchev–Trinajstić information content (AvgIpc) is 2.90. The van der Waals surface area contributed by atoms with Crippen LogP contribution >= 0.6 is 0 Å². The zero-order valence-corrected chi connectivity index (χ0v) is 20.9. The summed E-state index contributed by atoms with van der Waals surface area (Å²) in [4.78, 5) is 30.0. The molecule has 2 heterocycles. The highest BCUT2D eigenvalue weighted by atomic mass is 16.5. The lowest BCUT2D eigenvalue weighted by Crippen LogP contribution is -2.46. The van der Waals surface area contributed by atoms with Crippen molar-refractivity contribution in [2.75, 3.05) is 32.8 Å². The minimum absolute atomic E-state index is 0.193. The topological polar surface area (TPSA) is 70.1 Å². The van der Waals surface area contributed by atoms with Crippen molar-refractivity contribution in [2.24, 2.45) is 5.92 Å². The van der Waals surface area contributed by atoms with E-state index in [4.69, 9.17) is 4.74 Å². The van der Waals surface area contributed by atoms with Gasteiger partial charge in [-0.2, -0.15) is 0 Å². The molecule has 5 rings (SSSR count). The molecule has 2 amide bonds. The highest BCUT2D eigenvalue weighted by Crippen LogP contribution is 2.31. The third-order valence-electron chi connectivity index (χ3n) is 7.38. The van der Waals surface area contributed by atoms with Gasteiger partial charge in [0.15, 0.2) is 0 Å². The molecule has 3 aromatic carbocycles. The first kappa shape index (κ1) is 24.5. The minimum Gasteiger partial charge on any atom is -0.491 e. The second-order valence-corrected chi connectivity index (χ2v) is 10.0. The van der Waals surface area contributed by atoms with Crippen LogP contribution in [-0.2, 0) is 6.42 Å². The summed E-state index contributed by atoms with van der Waals surface area (Å²) in [7, 11) is 0. The molecule has 36 heavy (non-hydrogen) atoms. The standard InChI is InChI=1S/C30H34N2O4/c1-2-5-21-10-12-25(13-11-21)36-20-24(33)19-31-16-14-22(15-17-31)18-32-29(34)26-8-3-6-23-7-4-9-27(28(23)26)30(32)35/h3-4,6-13,22,24,33H,2,5,14-20H2,1H3/t24-/m1/s1. The fourth-order valence-corrected chi connectivity index (χ4v) is 5.44. The van der Waals surface area contributed by atoms with Crippen molar-refractivity contribution < 1.29 is 19.4 Å². The summed E-state index contributed by atoms with van der Waals surface area (Å²) >= 11 is 0. The number of hydrogen-bond acceptors (Lipinski definition) is 5. The normalized spacial score (nSPS) is 17.6. The highest BCUT2D eigenvalue weighted by Gasteiger charge is 2.34. The van der Waals surface area contributed by atoms with E-state index in [0.717, 1.165) is 55.3 Å². The van der Waals surface area contributed by atoms with Crippen LogP contribution in [-0.4, -0.2) is 65.6 Å². The number of imide groups is 1. The second-order valence-electron chi connectivity index (χ2n) is 10.0. The van der Waals surface area contributed by atoms with E-state index in [9.17, 15) is 14.7 Å². The number of piperidine rings is 1. The Balaban J connectivity index is 1.11. The molecule has 2 aliphatic heterocycles. The number of carbonyl (C=O) groups excluding carboxylic acids is 2. The van der Waals surface area contributed by atoms with E-state index in [1.165, 1.54) is 10.5 Å². The summed E-state index contributed by atoms with van der Waals surface area (Å²) in [6, 6.07) is 19.4. The van der Waals surface area contributed by atoms with Gasteiger partial charge in [-0.3, -0.25) is 14.5 Å². The number of carbonyl (C=O) groups is 2. The van der Waals surface area contributed by atoms with Gasteiger partial charge in [-0.25, -0.2) is 0 Å². The number of aliphatic hydroxyl groups is 1. The first-order chi connectivity index (χ1) is 17.5. The van der Waals surface area contributed by atoms with E-state index in [1.54, 1.807) is 0 Å². The Morgan fingerprint density at radius 1 is 0.944 bits per heavy atom. The lowest BCUT2D eigenvalue weighted by atomic mass is 9.91. The van der Waals surface area contributed by atoms with Crippen molar-refractivity contribution in [3.63, 3.8) is 0 Å². The number of nitrogens with zero attached hydrogens (tertiary/aromatic N) is 2. The molecule has 1 atom stereocenters. The van der Waals surface area contributed by atoms with Gasteiger partial charge in [-0.05, 0) is 73.5 Å². The maximum atomic E-state index is 13.2. The van der Waals surface area contributed by atoms with Gasteiger partial charge < -0.3 is 14.7 Å². The number of amides is 2. The number of ether oxygens (including phenoxy) is 1. The van der Waals surface area contributed by atoms with Gasteiger partial charge in [0, 0.05) is 29.6 Å².